The quantitative estimate of drug-likeness (QED) is 0.847. The average molecular weight is 299 g/mol. The number of carboxylic acids is 1. The molecule has 2 N–H and O–H groups in total. The first-order chi connectivity index (χ1) is 9.01. The summed E-state index contributed by atoms with van der Waals surface area (Å²) < 4.78 is 22.9. The molecule has 0 spiro atoms. The second-order valence-electron chi connectivity index (χ2n) is 5.21. The first-order valence-electron chi connectivity index (χ1n) is 5.86. The van der Waals surface area contributed by atoms with Crippen LogP contribution in [0.2, 0.25) is 0 Å². The number of carboxylic acid groups (broad SMARTS) is 1. The monoisotopic (exact) mass is 299 g/mol. The van der Waals surface area contributed by atoms with Crippen LogP contribution in [-0.4, -0.2) is 37.2 Å². The van der Waals surface area contributed by atoms with E-state index in [0.29, 0.717) is 0 Å². The van der Waals surface area contributed by atoms with E-state index in [-0.39, 0.29) is 16.9 Å². The number of benzene rings is 1. The first-order valence-corrected chi connectivity index (χ1v) is 7.75. The van der Waals surface area contributed by atoms with Crippen LogP contribution in [0, 0.1) is 0 Å². The van der Waals surface area contributed by atoms with Gasteiger partial charge in [-0.2, -0.15) is 0 Å². The van der Waals surface area contributed by atoms with Crippen molar-refractivity contribution in [2.24, 2.45) is 0 Å². The lowest BCUT2D eigenvalue weighted by molar-refractivity contribution is -0.138. The van der Waals surface area contributed by atoms with Crippen molar-refractivity contribution in [1.29, 1.82) is 0 Å². The van der Waals surface area contributed by atoms with Crippen LogP contribution in [0.3, 0.4) is 0 Å². The third-order valence-corrected chi connectivity index (χ3v) is 3.68. The largest absolute Gasteiger partial charge is 0.481 e. The van der Waals surface area contributed by atoms with Crippen molar-refractivity contribution in [2.75, 3.05) is 6.26 Å². The van der Waals surface area contributed by atoms with Crippen molar-refractivity contribution in [3.8, 4) is 0 Å². The van der Waals surface area contributed by atoms with Crippen molar-refractivity contribution >= 4 is 21.7 Å². The number of carbonyl (C=O) groups excluding carboxylic acids is 1. The highest BCUT2D eigenvalue weighted by Crippen LogP contribution is 2.14. The summed E-state index contributed by atoms with van der Waals surface area (Å²) in [4.78, 5) is 22.8. The van der Waals surface area contributed by atoms with E-state index in [0.717, 1.165) is 6.26 Å². The Bertz CT molecular complexity index is 634. The maximum Gasteiger partial charge on any atom is 0.305 e. The van der Waals surface area contributed by atoms with Crippen molar-refractivity contribution in [3.05, 3.63) is 29.8 Å². The van der Waals surface area contributed by atoms with Crippen LogP contribution >= 0.6 is 0 Å². The maximum atomic E-state index is 12.0. The van der Waals surface area contributed by atoms with Crippen molar-refractivity contribution in [1.82, 2.24) is 5.32 Å². The smallest absolute Gasteiger partial charge is 0.305 e. The van der Waals surface area contributed by atoms with Crippen LogP contribution in [0.4, 0.5) is 0 Å². The van der Waals surface area contributed by atoms with Gasteiger partial charge >= 0.3 is 5.97 Å². The number of hydrogen-bond acceptors (Lipinski definition) is 4. The van der Waals surface area contributed by atoms with Gasteiger partial charge in [-0.15, -0.1) is 0 Å². The Morgan fingerprint density at radius 3 is 2.40 bits per heavy atom. The lowest BCUT2D eigenvalue weighted by Gasteiger charge is -2.24. The first kappa shape index (κ1) is 16.2. The molecule has 0 aromatic heterocycles. The van der Waals surface area contributed by atoms with Crippen molar-refractivity contribution in [2.45, 2.75) is 30.7 Å². The molecule has 0 saturated carbocycles. The topological polar surface area (TPSA) is 101 Å². The van der Waals surface area contributed by atoms with E-state index in [9.17, 15) is 18.0 Å². The molecule has 7 heteroatoms. The molecule has 0 bridgehead atoms. The molecule has 6 nitrogen and oxygen atoms in total. The number of amides is 1. The summed E-state index contributed by atoms with van der Waals surface area (Å²) in [6.45, 7) is 3.17. The minimum Gasteiger partial charge on any atom is -0.481 e. The zero-order valence-corrected chi connectivity index (χ0v) is 12.3. The lowest BCUT2D eigenvalue weighted by Crippen LogP contribution is -2.44. The molecule has 1 aromatic rings. The summed E-state index contributed by atoms with van der Waals surface area (Å²) in [7, 11) is -3.40. The zero-order chi connectivity index (χ0) is 15.6. The SMILES string of the molecule is CC(C)(CC(=O)O)NC(=O)c1cccc(S(C)(=O)=O)c1. The molecule has 0 unspecified atom stereocenters. The molecular formula is C13H17NO5S. The number of aliphatic carboxylic acids is 1. The van der Waals surface area contributed by atoms with Gasteiger partial charge in [-0.25, -0.2) is 8.42 Å². The predicted octanol–water partition coefficient (Wildman–Crippen LogP) is 1.07. The zero-order valence-electron chi connectivity index (χ0n) is 11.5. The number of carbonyl (C=O) groups is 2. The van der Waals surface area contributed by atoms with E-state index < -0.39 is 27.3 Å². The minimum absolute atomic E-state index is 0.0428. The van der Waals surface area contributed by atoms with E-state index in [1.807, 2.05) is 0 Å². The van der Waals surface area contributed by atoms with Crippen LogP contribution in [0.15, 0.2) is 29.2 Å². The second kappa shape index (κ2) is 5.62. The van der Waals surface area contributed by atoms with E-state index in [1.54, 1.807) is 13.8 Å². The summed E-state index contributed by atoms with van der Waals surface area (Å²) in [6, 6.07) is 5.60. The highest BCUT2D eigenvalue weighted by Gasteiger charge is 2.24. The van der Waals surface area contributed by atoms with Gasteiger partial charge in [-0.05, 0) is 32.0 Å². The number of sulfone groups is 1. The lowest BCUT2D eigenvalue weighted by atomic mass is 10.00. The predicted molar refractivity (Wildman–Crippen MR) is 73.3 cm³/mol. The highest BCUT2D eigenvalue weighted by atomic mass is 32.2. The van der Waals surface area contributed by atoms with Gasteiger partial charge in [0, 0.05) is 17.4 Å². The maximum absolute atomic E-state index is 12.0. The third kappa shape index (κ3) is 4.65. The van der Waals surface area contributed by atoms with Crippen LogP contribution in [0.5, 0.6) is 0 Å². The highest BCUT2D eigenvalue weighted by molar-refractivity contribution is 7.90. The molecule has 0 saturated heterocycles. The fraction of sp³-hybridized carbons (Fsp3) is 0.385. The van der Waals surface area contributed by atoms with E-state index in [1.165, 1.54) is 24.3 Å². The Morgan fingerprint density at radius 1 is 1.30 bits per heavy atom. The van der Waals surface area contributed by atoms with Crippen LogP contribution < -0.4 is 5.32 Å². The summed E-state index contributed by atoms with van der Waals surface area (Å²) in [6.07, 6.45) is 0.822. The molecule has 0 aliphatic heterocycles. The van der Waals surface area contributed by atoms with Gasteiger partial charge < -0.3 is 10.4 Å². The van der Waals surface area contributed by atoms with Gasteiger partial charge in [0.15, 0.2) is 9.84 Å². The van der Waals surface area contributed by atoms with E-state index >= 15 is 0 Å². The molecule has 0 aliphatic carbocycles. The van der Waals surface area contributed by atoms with Crippen LogP contribution in [-0.2, 0) is 14.6 Å². The van der Waals surface area contributed by atoms with Crippen molar-refractivity contribution in [3.63, 3.8) is 0 Å². The van der Waals surface area contributed by atoms with Crippen LogP contribution in [0.25, 0.3) is 0 Å². The van der Waals surface area contributed by atoms with Gasteiger partial charge in [-0.1, -0.05) is 6.07 Å². The number of rotatable bonds is 5. The molecule has 20 heavy (non-hydrogen) atoms. The van der Waals surface area contributed by atoms with Gasteiger partial charge in [0.1, 0.15) is 0 Å². The Morgan fingerprint density at radius 2 is 1.90 bits per heavy atom. The molecule has 1 aromatic carbocycles. The molecule has 0 fully saturated rings. The summed E-state index contributed by atoms with van der Waals surface area (Å²) in [5, 5.41) is 11.3. The summed E-state index contributed by atoms with van der Waals surface area (Å²) >= 11 is 0. The van der Waals surface area contributed by atoms with Gasteiger partial charge in [0.05, 0.1) is 11.3 Å². The molecule has 0 atom stereocenters. The van der Waals surface area contributed by atoms with Crippen LogP contribution in [0.1, 0.15) is 30.6 Å². The van der Waals surface area contributed by atoms with Gasteiger partial charge in [-0.3, -0.25) is 9.59 Å². The molecule has 1 rings (SSSR count). The normalized spacial score (nSPS) is 11.9. The molecule has 0 heterocycles. The molecular weight excluding hydrogens is 282 g/mol. The van der Waals surface area contributed by atoms with E-state index in [2.05, 4.69) is 5.32 Å². The standard InChI is InChI=1S/C13H17NO5S/c1-13(2,8-11(15)16)14-12(17)9-5-4-6-10(7-9)20(3,18)19/h4-7H,8H2,1-3H3,(H,14,17)(H,15,16). The van der Waals surface area contributed by atoms with Gasteiger partial charge in [0.25, 0.3) is 5.91 Å². The number of hydrogen-bond donors (Lipinski definition) is 2. The molecule has 0 radical (unpaired) electrons. The molecule has 0 aliphatic rings. The average Bonchev–Trinajstić information content (AvgIpc) is 2.25. The second-order valence-corrected chi connectivity index (χ2v) is 7.22. The Hall–Kier alpha value is -1.89. The van der Waals surface area contributed by atoms with Crippen molar-refractivity contribution < 1.29 is 23.1 Å². The van der Waals surface area contributed by atoms with E-state index in [4.69, 9.17) is 5.11 Å². The van der Waals surface area contributed by atoms with Gasteiger partial charge in [0.2, 0.25) is 0 Å². The molecule has 110 valence electrons. The third-order valence-electron chi connectivity index (χ3n) is 2.57. The number of nitrogens with one attached hydrogen (secondary N) is 1. The Kier molecular flexibility index (Phi) is 4.54. The summed E-state index contributed by atoms with van der Waals surface area (Å²) in [5.74, 6) is -1.54. The Labute approximate surface area is 117 Å². The minimum atomic E-state index is -3.40. The fourth-order valence-electron chi connectivity index (χ4n) is 1.67. The fourth-order valence-corrected chi connectivity index (χ4v) is 2.34. The molecule has 1 amide bonds. The summed E-state index contributed by atoms with van der Waals surface area (Å²) in [5.41, 5.74) is -0.754. The Balaban J connectivity index is 2.97.